The van der Waals surface area contributed by atoms with Crippen LogP contribution in [0.1, 0.15) is 11.1 Å². The van der Waals surface area contributed by atoms with Crippen LogP contribution >= 0.6 is 23.8 Å². The van der Waals surface area contributed by atoms with Crippen LogP contribution in [0.3, 0.4) is 0 Å². The summed E-state index contributed by atoms with van der Waals surface area (Å²) in [6, 6.07) is 15.3. The number of fused-ring (bicyclic) bond motifs is 1. The Hall–Kier alpha value is -2.09. The molecule has 0 unspecified atom stereocenters. The first-order valence-electron chi connectivity index (χ1n) is 6.05. The van der Waals surface area contributed by atoms with Crippen molar-refractivity contribution in [2.75, 3.05) is 0 Å². The number of hydrogen-bond acceptors (Lipinski definition) is 2. The molecular weight excluding hydrogens is 290 g/mol. The van der Waals surface area contributed by atoms with Crippen molar-refractivity contribution in [1.82, 2.24) is 9.55 Å². The summed E-state index contributed by atoms with van der Waals surface area (Å²) in [6.07, 6.45) is 0. The van der Waals surface area contributed by atoms with Crippen molar-refractivity contribution in [1.29, 1.82) is 5.26 Å². The fraction of sp³-hybridized carbons (Fsp3) is 0.0667. The fourth-order valence-electron chi connectivity index (χ4n) is 2.17. The molecule has 0 saturated heterocycles. The molecule has 0 radical (unpaired) electrons. The zero-order valence-corrected chi connectivity index (χ0v) is 12.0. The Morgan fingerprint density at radius 1 is 1.20 bits per heavy atom. The van der Waals surface area contributed by atoms with Crippen LogP contribution < -0.4 is 0 Å². The Bertz CT molecular complexity index is 869. The number of nitrogens with one attached hydrogen (secondary N) is 1. The van der Waals surface area contributed by atoms with Crippen molar-refractivity contribution in [3.05, 3.63) is 63.4 Å². The van der Waals surface area contributed by atoms with Crippen molar-refractivity contribution in [3.63, 3.8) is 0 Å². The van der Waals surface area contributed by atoms with E-state index in [1.807, 2.05) is 34.9 Å². The lowest BCUT2D eigenvalue weighted by molar-refractivity contribution is 0.810. The van der Waals surface area contributed by atoms with Crippen LogP contribution in [-0.2, 0) is 6.54 Å². The average molecular weight is 300 g/mol. The van der Waals surface area contributed by atoms with Gasteiger partial charge in [0.15, 0.2) is 4.77 Å². The highest BCUT2D eigenvalue weighted by molar-refractivity contribution is 7.71. The van der Waals surface area contributed by atoms with E-state index in [4.69, 9.17) is 29.1 Å². The number of hydrogen-bond donors (Lipinski definition) is 1. The van der Waals surface area contributed by atoms with E-state index in [-0.39, 0.29) is 0 Å². The number of benzene rings is 2. The first-order valence-corrected chi connectivity index (χ1v) is 6.84. The quantitative estimate of drug-likeness (QED) is 0.718. The van der Waals surface area contributed by atoms with Gasteiger partial charge in [0.2, 0.25) is 0 Å². The highest BCUT2D eigenvalue weighted by Gasteiger charge is 2.07. The zero-order valence-electron chi connectivity index (χ0n) is 10.4. The molecule has 0 saturated carbocycles. The second-order valence-electron chi connectivity index (χ2n) is 4.46. The number of imidazole rings is 1. The molecule has 5 heteroatoms. The predicted molar refractivity (Wildman–Crippen MR) is 82.4 cm³/mol. The molecule has 1 N–H and O–H groups in total. The minimum Gasteiger partial charge on any atom is -0.329 e. The van der Waals surface area contributed by atoms with E-state index in [2.05, 4.69) is 11.1 Å². The number of H-pyrrole nitrogens is 1. The first-order chi connectivity index (χ1) is 9.69. The molecule has 0 atom stereocenters. The van der Waals surface area contributed by atoms with E-state index < -0.39 is 0 Å². The standard InChI is InChI=1S/C15H10ClN3S/c16-12-2-1-3-13-14(12)18-15(20)19(13)9-11-6-4-10(8-17)5-7-11/h1-7H,9H2,(H,18,20). The fourth-order valence-corrected chi connectivity index (χ4v) is 2.65. The Kier molecular flexibility index (Phi) is 3.31. The Morgan fingerprint density at radius 2 is 1.95 bits per heavy atom. The van der Waals surface area contributed by atoms with Crippen LogP contribution in [0.2, 0.25) is 5.02 Å². The van der Waals surface area contributed by atoms with Crippen molar-refractivity contribution in [2.24, 2.45) is 0 Å². The Labute approximate surface area is 126 Å². The molecule has 3 nitrogen and oxygen atoms in total. The van der Waals surface area contributed by atoms with E-state index >= 15 is 0 Å². The maximum absolute atomic E-state index is 8.81. The SMILES string of the molecule is N#Cc1ccc(Cn2c(=S)[nH]c3c(Cl)cccc32)cc1. The summed E-state index contributed by atoms with van der Waals surface area (Å²) < 4.78 is 2.63. The molecular formula is C15H10ClN3S. The largest absolute Gasteiger partial charge is 0.329 e. The van der Waals surface area contributed by atoms with Crippen LogP contribution in [0.5, 0.6) is 0 Å². The maximum atomic E-state index is 8.81. The van der Waals surface area contributed by atoms with Crippen LogP contribution in [0.15, 0.2) is 42.5 Å². The molecule has 3 rings (SSSR count). The van der Waals surface area contributed by atoms with Gasteiger partial charge in [0.1, 0.15) is 0 Å². The van der Waals surface area contributed by atoms with Gasteiger partial charge in [-0.25, -0.2) is 0 Å². The summed E-state index contributed by atoms with van der Waals surface area (Å²) in [5.41, 5.74) is 3.57. The molecule has 3 aromatic rings. The number of aromatic nitrogens is 2. The second kappa shape index (κ2) is 5.12. The zero-order chi connectivity index (χ0) is 14.1. The Morgan fingerprint density at radius 3 is 2.65 bits per heavy atom. The van der Waals surface area contributed by atoms with Crippen LogP contribution in [0.25, 0.3) is 11.0 Å². The average Bonchev–Trinajstić information content (AvgIpc) is 2.78. The van der Waals surface area contributed by atoms with Gasteiger partial charge in [-0.05, 0) is 42.0 Å². The summed E-state index contributed by atoms with van der Waals surface area (Å²) in [4.78, 5) is 3.13. The van der Waals surface area contributed by atoms with Gasteiger partial charge in [-0.1, -0.05) is 29.8 Å². The van der Waals surface area contributed by atoms with Gasteiger partial charge in [-0.2, -0.15) is 5.26 Å². The molecule has 0 aliphatic rings. The van der Waals surface area contributed by atoms with E-state index in [9.17, 15) is 0 Å². The Balaban J connectivity index is 2.06. The van der Waals surface area contributed by atoms with Gasteiger partial charge in [-0.15, -0.1) is 0 Å². The van der Waals surface area contributed by atoms with Gasteiger partial charge in [0, 0.05) is 0 Å². The van der Waals surface area contributed by atoms with E-state index in [1.165, 1.54) is 0 Å². The number of nitriles is 1. The van der Waals surface area contributed by atoms with E-state index in [0.29, 0.717) is 21.9 Å². The van der Waals surface area contributed by atoms with Gasteiger partial charge in [-0.3, -0.25) is 0 Å². The minimum absolute atomic E-state index is 0.637. The molecule has 1 heterocycles. The van der Waals surface area contributed by atoms with Crippen molar-refractivity contribution >= 4 is 34.9 Å². The maximum Gasteiger partial charge on any atom is 0.178 e. The lowest BCUT2D eigenvalue weighted by Gasteiger charge is -2.05. The molecule has 0 spiro atoms. The summed E-state index contributed by atoms with van der Waals surface area (Å²) in [6.45, 7) is 0.644. The molecule has 0 fully saturated rings. The van der Waals surface area contributed by atoms with Crippen molar-refractivity contribution < 1.29 is 0 Å². The summed E-state index contributed by atoms with van der Waals surface area (Å²) in [5.74, 6) is 0. The highest BCUT2D eigenvalue weighted by Crippen LogP contribution is 2.23. The third-order valence-electron chi connectivity index (χ3n) is 3.18. The van der Waals surface area contributed by atoms with Crippen molar-refractivity contribution in [3.8, 4) is 6.07 Å². The number of nitrogens with zero attached hydrogens (tertiary/aromatic N) is 2. The van der Waals surface area contributed by atoms with Crippen LogP contribution in [0, 0.1) is 16.1 Å². The molecule has 98 valence electrons. The minimum atomic E-state index is 0.637. The summed E-state index contributed by atoms with van der Waals surface area (Å²) >= 11 is 11.5. The lowest BCUT2D eigenvalue weighted by Crippen LogP contribution is -1.99. The smallest absolute Gasteiger partial charge is 0.178 e. The molecule has 0 aliphatic carbocycles. The van der Waals surface area contributed by atoms with Crippen LogP contribution in [-0.4, -0.2) is 9.55 Å². The van der Waals surface area contributed by atoms with Crippen LogP contribution in [0.4, 0.5) is 0 Å². The molecule has 0 aliphatic heterocycles. The van der Waals surface area contributed by atoms with Gasteiger partial charge in [0.05, 0.1) is 34.2 Å². The normalized spacial score (nSPS) is 10.6. The number of aromatic amines is 1. The van der Waals surface area contributed by atoms with Gasteiger partial charge >= 0.3 is 0 Å². The van der Waals surface area contributed by atoms with Gasteiger partial charge < -0.3 is 9.55 Å². The monoisotopic (exact) mass is 299 g/mol. The second-order valence-corrected chi connectivity index (χ2v) is 5.25. The summed E-state index contributed by atoms with van der Waals surface area (Å²) in [5, 5.41) is 9.47. The molecule has 0 amide bonds. The number of para-hydroxylation sites is 1. The first kappa shape index (κ1) is 12.9. The molecule has 20 heavy (non-hydrogen) atoms. The topological polar surface area (TPSA) is 44.5 Å². The van der Waals surface area contributed by atoms with E-state index in [1.54, 1.807) is 12.1 Å². The third-order valence-corrected chi connectivity index (χ3v) is 3.82. The lowest BCUT2D eigenvalue weighted by atomic mass is 10.1. The van der Waals surface area contributed by atoms with E-state index in [0.717, 1.165) is 16.6 Å². The molecule has 1 aromatic heterocycles. The molecule has 2 aromatic carbocycles. The number of halogens is 1. The van der Waals surface area contributed by atoms with Crippen molar-refractivity contribution in [2.45, 2.75) is 6.54 Å². The molecule has 0 bridgehead atoms. The highest BCUT2D eigenvalue weighted by atomic mass is 35.5. The summed E-state index contributed by atoms with van der Waals surface area (Å²) in [7, 11) is 0. The number of rotatable bonds is 2. The third kappa shape index (κ3) is 2.22. The van der Waals surface area contributed by atoms with Gasteiger partial charge in [0.25, 0.3) is 0 Å². The predicted octanol–water partition coefficient (Wildman–Crippen LogP) is 4.27.